The van der Waals surface area contributed by atoms with Gasteiger partial charge < -0.3 is 5.32 Å². The molecule has 0 spiro atoms. The number of carbonyl (C=O) groups is 1. The van der Waals surface area contributed by atoms with Crippen LogP contribution in [0.2, 0.25) is 5.02 Å². The molecule has 10 heteroatoms. The molecule has 5 rings (SSSR count). The van der Waals surface area contributed by atoms with Crippen molar-refractivity contribution in [3.63, 3.8) is 0 Å². The predicted octanol–water partition coefficient (Wildman–Crippen LogP) is 6.22. The molecular weight excluding hydrogens is 512 g/mol. The molecule has 0 fully saturated rings. The molecule has 0 radical (unpaired) electrons. The second-order valence-electron chi connectivity index (χ2n) is 7.85. The van der Waals surface area contributed by atoms with Gasteiger partial charge in [-0.3, -0.25) is 14.3 Å². The van der Waals surface area contributed by atoms with Gasteiger partial charge in [-0.25, -0.2) is 4.98 Å². The summed E-state index contributed by atoms with van der Waals surface area (Å²) < 4.78 is 1.94. The van der Waals surface area contributed by atoms with Crippen molar-refractivity contribution in [1.82, 2.24) is 30.0 Å². The van der Waals surface area contributed by atoms with Gasteiger partial charge in [0.05, 0.1) is 22.5 Å². The summed E-state index contributed by atoms with van der Waals surface area (Å²) in [6.45, 7) is 1.96. The molecule has 1 unspecified atom stereocenters. The third-order valence-corrected chi connectivity index (χ3v) is 7.71. The van der Waals surface area contributed by atoms with Gasteiger partial charge in [0, 0.05) is 23.3 Å². The first kappa shape index (κ1) is 24.2. The van der Waals surface area contributed by atoms with E-state index in [1.807, 2.05) is 78.2 Å². The van der Waals surface area contributed by atoms with Crippen molar-refractivity contribution in [2.45, 2.75) is 23.9 Å². The maximum Gasteiger partial charge on any atom is 0.271 e. The zero-order valence-electron chi connectivity index (χ0n) is 19.2. The van der Waals surface area contributed by atoms with Gasteiger partial charge in [0.2, 0.25) is 0 Å². The minimum absolute atomic E-state index is 0.112. The van der Waals surface area contributed by atoms with Gasteiger partial charge in [0.15, 0.2) is 11.0 Å². The summed E-state index contributed by atoms with van der Waals surface area (Å²) in [4.78, 5) is 21.4. The van der Waals surface area contributed by atoms with Crippen molar-refractivity contribution in [3.05, 3.63) is 106 Å². The Hall–Kier alpha value is -3.53. The number of carbonyl (C=O) groups excluding carboxylic acids is 1. The van der Waals surface area contributed by atoms with Crippen molar-refractivity contribution in [1.29, 1.82) is 0 Å². The summed E-state index contributed by atoms with van der Waals surface area (Å²) >= 11 is 9.47. The molecule has 0 bridgehead atoms. The summed E-state index contributed by atoms with van der Waals surface area (Å²) in [7, 11) is 0. The second kappa shape index (κ2) is 11.0. The van der Waals surface area contributed by atoms with Gasteiger partial charge in [-0.1, -0.05) is 65.8 Å². The number of nitrogens with zero attached hydrogens (tertiary/aromatic N) is 5. The van der Waals surface area contributed by atoms with Gasteiger partial charge in [-0.15, -0.1) is 21.5 Å². The molecule has 0 saturated heterocycles. The predicted molar refractivity (Wildman–Crippen MR) is 144 cm³/mol. The molecule has 1 N–H and O–H groups in total. The second-order valence-corrected chi connectivity index (χ2v) is 10.1. The molecule has 0 aliphatic carbocycles. The maximum absolute atomic E-state index is 12.7. The lowest BCUT2D eigenvalue weighted by Crippen LogP contribution is -2.26. The number of aromatic nitrogens is 5. The Balaban J connectivity index is 1.34. The fourth-order valence-electron chi connectivity index (χ4n) is 3.61. The standard InChI is InChI=1S/C26H21ClN6OS2/c1-17(18-7-3-2-4-8-18)29-25(34)21-15-35-23(30-21)16-36-26-32-31-24(19-11-13-28-14-12-19)33(26)22-10-6-5-9-20(22)27/h2-15,17H,16H2,1H3,(H,29,34). The first-order chi connectivity index (χ1) is 17.6. The van der Waals surface area contributed by atoms with Crippen LogP contribution in [-0.2, 0) is 5.75 Å². The molecule has 1 amide bonds. The zero-order chi connectivity index (χ0) is 24.9. The number of nitrogens with one attached hydrogen (secondary N) is 1. The van der Waals surface area contributed by atoms with Crippen molar-refractivity contribution in [3.8, 4) is 17.1 Å². The van der Waals surface area contributed by atoms with Crippen LogP contribution in [-0.4, -0.2) is 30.6 Å². The van der Waals surface area contributed by atoms with E-state index in [4.69, 9.17) is 11.6 Å². The summed E-state index contributed by atoms with van der Waals surface area (Å²) in [6, 6.07) is 21.1. The van der Waals surface area contributed by atoms with Gasteiger partial charge >= 0.3 is 0 Å². The average Bonchev–Trinajstić information content (AvgIpc) is 3.56. The summed E-state index contributed by atoms with van der Waals surface area (Å²) in [5, 5.41) is 15.7. The number of halogens is 1. The van der Waals surface area contributed by atoms with Crippen molar-refractivity contribution in [2.75, 3.05) is 0 Å². The SMILES string of the molecule is CC(NC(=O)c1csc(CSc2nnc(-c3ccncc3)n2-c2ccccc2Cl)n1)c1ccccc1. The topological polar surface area (TPSA) is 85.6 Å². The molecular formula is C26H21ClN6OS2. The number of rotatable bonds is 8. The number of pyridine rings is 1. The van der Waals surface area contributed by atoms with Crippen LogP contribution in [0.4, 0.5) is 0 Å². The molecule has 3 aromatic heterocycles. The summed E-state index contributed by atoms with van der Waals surface area (Å²) in [6.07, 6.45) is 3.43. The molecule has 5 aromatic rings. The minimum atomic E-state index is -0.196. The Bertz CT molecular complexity index is 1470. The van der Waals surface area contributed by atoms with Gasteiger partial charge in [0.25, 0.3) is 5.91 Å². The molecule has 0 aliphatic rings. The Morgan fingerprint density at radius 2 is 1.81 bits per heavy atom. The number of para-hydroxylation sites is 1. The van der Waals surface area contributed by atoms with Gasteiger partial charge in [-0.05, 0) is 36.8 Å². The van der Waals surface area contributed by atoms with Crippen LogP contribution in [0.25, 0.3) is 17.1 Å². The maximum atomic E-state index is 12.7. The normalized spacial score (nSPS) is 11.8. The van der Waals surface area contributed by atoms with E-state index in [0.717, 1.165) is 21.8 Å². The Kier molecular flexibility index (Phi) is 7.41. The van der Waals surface area contributed by atoms with Crippen LogP contribution < -0.4 is 5.32 Å². The van der Waals surface area contributed by atoms with E-state index in [0.29, 0.717) is 27.5 Å². The van der Waals surface area contributed by atoms with Crippen molar-refractivity contribution in [2.24, 2.45) is 0 Å². The fourth-order valence-corrected chi connectivity index (χ4v) is 5.56. The highest BCUT2D eigenvalue weighted by Crippen LogP contribution is 2.33. The number of hydrogen-bond acceptors (Lipinski definition) is 7. The highest BCUT2D eigenvalue weighted by atomic mass is 35.5. The summed E-state index contributed by atoms with van der Waals surface area (Å²) in [5.74, 6) is 1.01. The number of hydrogen-bond donors (Lipinski definition) is 1. The van der Waals surface area contributed by atoms with Crippen LogP contribution in [0.5, 0.6) is 0 Å². The number of thiazole rings is 1. The van der Waals surface area contributed by atoms with Gasteiger partial charge in [0.1, 0.15) is 10.7 Å². The molecule has 3 heterocycles. The molecule has 7 nitrogen and oxygen atoms in total. The van der Waals surface area contributed by atoms with Gasteiger partial charge in [-0.2, -0.15) is 0 Å². The molecule has 1 atom stereocenters. The van der Waals surface area contributed by atoms with E-state index in [9.17, 15) is 4.79 Å². The van der Waals surface area contributed by atoms with E-state index in [1.165, 1.54) is 23.1 Å². The lowest BCUT2D eigenvalue weighted by Gasteiger charge is -2.13. The highest BCUT2D eigenvalue weighted by Gasteiger charge is 2.19. The van der Waals surface area contributed by atoms with E-state index < -0.39 is 0 Å². The van der Waals surface area contributed by atoms with E-state index >= 15 is 0 Å². The quantitative estimate of drug-likeness (QED) is 0.239. The van der Waals surface area contributed by atoms with E-state index in [2.05, 4.69) is 25.5 Å². The molecule has 2 aromatic carbocycles. The first-order valence-corrected chi connectivity index (χ1v) is 13.4. The van der Waals surface area contributed by atoms with Crippen LogP contribution in [0.15, 0.2) is 89.7 Å². The van der Waals surface area contributed by atoms with E-state index in [1.54, 1.807) is 17.8 Å². The van der Waals surface area contributed by atoms with Crippen LogP contribution in [0.3, 0.4) is 0 Å². The lowest BCUT2D eigenvalue weighted by atomic mass is 10.1. The third-order valence-electron chi connectivity index (χ3n) is 5.42. The first-order valence-electron chi connectivity index (χ1n) is 11.1. The number of benzene rings is 2. The fraction of sp³-hybridized carbons (Fsp3) is 0.115. The molecule has 180 valence electrons. The summed E-state index contributed by atoms with van der Waals surface area (Å²) in [5.41, 5.74) is 3.11. The highest BCUT2D eigenvalue weighted by molar-refractivity contribution is 7.98. The minimum Gasteiger partial charge on any atom is -0.344 e. The third kappa shape index (κ3) is 5.33. The zero-order valence-corrected chi connectivity index (χ0v) is 21.6. The number of amides is 1. The Morgan fingerprint density at radius 1 is 1.06 bits per heavy atom. The molecule has 0 saturated carbocycles. The van der Waals surface area contributed by atoms with Crippen molar-refractivity contribution < 1.29 is 4.79 Å². The Morgan fingerprint density at radius 3 is 2.58 bits per heavy atom. The molecule has 36 heavy (non-hydrogen) atoms. The molecule has 0 aliphatic heterocycles. The average molecular weight is 533 g/mol. The number of thioether (sulfide) groups is 1. The largest absolute Gasteiger partial charge is 0.344 e. The van der Waals surface area contributed by atoms with Crippen LogP contribution in [0.1, 0.15) is 34.0 Å². The lowest BCUT2D eigenvalue weighted by molar-refractivity contribution is 0.0935. The van der Waals surface area contributed by atoms with Crippen LogP contribution in [0, 0.1) is 0 Å². The Labute approximate surface area is 221 Å². The van der Waals surface area contributed by atoms with Crippen molar-refractivity contribution >= 4 is 40.6 Å². The monoisotopic (exact) mass is 532 g/mol. The van der Waals surface area contributed by atoms with E-state index in [-0.39, 0.29) is 11.9 Å². The smallest absolute Gasteiger partial charge is 0.271 e. The van der Waals surface area contributed by atoms with Crippen LogP contribution >= 0.6 is 34.7 Å².